The molecule has 2 amide bonds. The molecule has 1 aromatic carbocycles. The van der Waals surface area contributed by atoms with Crippen LogP contribution in [0.2, 0.25) is 10.0 Å². The predicted molar refractivity (Wildman–Crippen MR) is 72.0 cm³/mol. The molecular weight excluding hydrogens is 277 g/mol. The van der Waals surface area contributed by atoms with Gasteiger partial charge in [0.15, 0.2) is 0 Å². The third-order valence-electron chi connectivity index (χ3n) is 1.84. The van der Waals surface area contributed by atoms with Gasteiger partial charge in [-0.15, -0.1) is 0 Å². The minimum absolute atomic E-state index is 0.0712. The van der Waals surface area contributed by atoms with Gasteiger partial charge in [-0.3, -0.25) is 4.84 Å². The lowest BCUT2D eigenvalue weighted by atomic mass is 10.2. The third kappa shape index (κ3) is 4.91. The zero-order valence-corrected chi connectivity index (χ0v) is 11.5. The zero-order valence-electron chi connectivity index (χ0n) is 9.98. The van der Waals surface area contributed by atoms with Gasteiger partial charge in [0, 0.05) is 29.7 Å². The molecule has 98 valence electrons. The van der Waals surface area contributed by atoms with E-state index in [4.69, 9.17) is 28.0 Å². The van der Waals surface area contributed by atoms with Crippen LogP contribution in [0.5, 0.6) is 0 Å². The lowest BCUT2D eigenvalue weighted by molar-refractivity contribution is 0.0523. The number of amides is 2. The second kappa shape index (κ2) is 7.20. The lowest BCUT2D eigenvalue weighted by Crippen LogP contribution is -2.21. The van der Waals surface area contributed by atoms with Crippen molar-refractivity contribution in [3.63, 3.8) is 0 Å². The zero-order chi connectivity index (χ0) is 13.5. The van der Waals surface area contributed by atoms with Crippen LogP contribution in [0.4, 0.5) is 4.79 Å². The highest BCUT2D eigenvalue weighted by Gasteiger charge is 2.06. The maximum Gasteiger partial charge on any atom is 0.366 e. The first kappa shape index (κ1) is 14.8. The Morgan fingerprint density at radius 2 is 2.06 bits per heavy atom. The number of benzene rings is 1. The van der Waals surface area contributed by atoms with E-state index in [1.807, 2.05) is 0 Å². The molecule has 1 aromatic rings. The quantitative estimate of drug-likeness (QED) is 0.527. The molecule has 0 radical (unpaired) electrons. The first-order valence-corrected chi connectivity index (χ1v) is 5.81. The van der Waals surface area contributed by atoms with E-state index in [-0.39, 0.29) is 6.61 Å². The van der Waals surface area contributed by atoms with Crippen LogP contribution >= 0.6 is 23.2 Å². The summed E-state index contributed by atoms with van der Waals surface area (Å²) in [6.45, 7) is 0.0712. The molecule has 0 fully saturated rings. The Balaban J connectivity index is 2.45. The fourth-order valence-corrected chi connectivity index (χ4v) is 1.54. The van der Waals surface area contributed by atoms with Gasteiger partial charge in [-0.25, -0.2) is 10.3 Å². The number of carbonyl (C=O) groups is 1. The predicted octanol–water partition coefficient (Wildman–Crippen LogP) is 2.72. The number of urea groups is 1. The van der Waals surface area contributed by atoms with Crippen molar-refractivity contribution in [2.24, 2.45) is 4.99 Å². The number of aliphatic imine (C=N–C) groups is 1. The molecule has 0 aromatic heterocycles. The van der Waals surface area contributed by atoms with E-state index in [9.17, 15) is 4.79 Å². The van der Waals surface area contributed by atoms with Gasteiger partial charge in [-0.05, 0) is 12.1 Å². The van der Waals surface area contributed by atoms with Crippen molar-refractivity contribution >= 4 is 35.6 Å². The van der Waals surface area contributed by atoms with Crippen LogP contribution in [0, 0.1) is 0 Å². The highest BCUT2D eigenvalue weighted by molar-refractivity contribution is 6.35. The van der Waals surface area contributed by atoms with Gasteiger partial charge >= 0.3 is 6.03 Å². The molecule has 0 aliphatic carbocycles. The Morgan fingerprint density at radius 1 is 1.44 bits per heavy atom. The number of hydrogen-bond acceptors (Lipinski definition) is 2. The van der Waals surface area contributed by atoms with Crippen LogP contribution < -0.4 is 5.48 Å². The summed E-state index contributed by atoms with van der Waals surface area (Å²) in [7, 11) is 3.50. The molecule has 5 nitrogen and oxygen atoms in total. The Bertz CT molecular complexity index is 430. The van der Waals surface area contributed by atoms with Crippen molar-refractivity contribution in [1.29, 1.82) is 0 Å². The Labute approximate surface area is 115 Å². The summed E-state index contributed by atoms with van der Waals surface area (Å²) in [5.74, 6) is 0. The smallest absolute Gasteiger partial charge is 0.366 e. The SMILES string of the molecule is CN(C)C=NC(=O)NOCc1c(Cl)cccc1Cl. The molecule has 1 N–H and O–H groups in total. The largest absolute Gasteiger partial charge is 0.369 e. The van der Waals surface area contributed by atoms with Crippen LogP contribution in [0.25, 0.3) is 0 Å². The van der Waals surface area contributed by atoms with Gasteiger partial charge in [0.2, 0.25) is 0 Å². The molecule has 0 spiro atoms. The number of hydrogen-bond donors (Lipinski definition) is 1. The fraction of sp³-hybridized carbons (Fsp3) is 0.273. The average Bonchev–Trinajstić information content (AvgIpc) is 2.30. The maximum atomic E-state index is 11.2. The molecule has 0 saturated carbocycles. The fourth-order valence-electron chi connectivity index (χ4n) is 1.03. The summed E-state index contributed by atoms with van der Waals surface area (Å²) in [4.78, 5) is 21.3. The van der Waals surface area contributed by atoms with Gasteiger partial charge < -0.3 is 4.90 Å². The van der Waals surface area contributed by atoms with Crippen LogP contribution in [-0.4, -0.2) is 31.4 Å². The second-order valence-electron chi connectivity index (χ2n) is 3.60. The van der Waals surface area contributed by atoms with E-state index in [2.05, 4.69) is 10.5 Å². The van der Waals surface area contributed by atoms with Crippen LogP contribution in [0.15, 0.2) is 23.2 Å². The minimum Gasteiger partial charge on any atom is -0.369 e. The third-order valence-corrected chi connectivity index (χ3v) is 2.55. The standard InChI is InChI=1S/C11H13Cl2N3O2/c1-16(2)7-14-11(17)15-18-6-8-9(12)4-3-5-10(8)13/h3-5,7H,6H2,1-2H3,(H,15,17). The summed E-state index contributed by atoms with van der Waals surface area (Å²) in [6.07, 6.45) is 1.36. The number of carbonyl (C=O) groups excluding carboxylic acids is 1. The van der Waals surface area contributed by atoms with E-state index in [1.165, 1.54) is 6.34 Å². The number of halogens is 2. The summed E-state index contributed by atoms with van der Waals surface area (Å²) in [6, 6.07) is 4.51. The van der Waals surface area contributed by atoms with Crippen LogP contribution in [0.3, 0.4) is 0 Å². The van der Waals surface area contributed by atoms with Crippen molar-refractivity contribution in [3.8, 4) is 0 Å². The molecule has 18 heavy (non-hydrogen) atoms. The van der Waals surface area contributed by atoms with Gasteiger partial charge in [0.1, 0.15) is 6.61 Å². The van der Waals surface area contributed by atoms with Gasteiger partial charge in [-0.2, -0.15) is 4.99 Å². The maximum absolute atomic E-state index is 11.2. The van der Waals surface area contributed by atoms with E-state index in [1.54, 1.807) is 37.2 Å². The number of nitrogens with zero attached hydrogens (tertiary/aromatic N) is 2. The van der Waals surface area contributed by atoms with E-state index < -0.39 is 6.03 Å². The van der Waals surface area contributed by atoms with Crippen molar-refractivity contribution in [1.82, 2.24) is 10.4 Å². The molecular formula is C11H13Cl2N3O2. The van der Waals surface area contributed by atoms with Crippen molar-refractivity contribution in [2.45, 2.75) is 6.61 Å². The summed E-state index contributed by atoms with van der Waals surface area (Å²) >= 11 is 11.9. The Kier molecular flexibility index (Phi) is 5.91. The van der Waals surface area contributed by atoms with Gasteiger partial charge in [-0.1, -0.05) is 29.3 Å². The van der Waals surface area contributed by atoms with Gasteiger partial charge in [0.25, 0.3) is 0 Å². The summed E-state index contributed by atoms with van der Waals surface area (Å²) < 4.78 is 0. The highest BCUT2D eigenvalue weighted by Crippen LogP contribution is 2.24. The molecule has 0 aliphatic rings. The van der Waals surface area contributed by atoms with Crippen molar-refractivity contribution in [3.05, 3.63) is 33.8 Å². The number of rotatable bonds is 4. The summed E-state index contributed by atoms with van der Waals surface area (Å²) in [5.41, 5.74) is 2.77. The first-order valence-electron chi connectivity index (χ1n) is 5.06. The molecule has 0 saturated heterocycles. The van der Waals surface area contributed by atoms with Crippen LogP contribution in [0.1, 0.15) is 5.56 Å². The lowest BCUT2D eigenvalue weighted by Gasteiger charge is -2.07. The van der Waals surface area contributed by atoms with Crippen molar-refractivity contribution in [2.75, 3.05) is 14.1 Å². The Morgan fingerprint density at radius 3 is 2.61 bits per heavy atom. The van der Waals surface area contributed by atoms with E-state index in [0.29, 0.717) is 15.6 Å². The van der Waals surface area contributed by atoms with E-state index >= 15 is 0 Å². The van der Waals surface area contributed by atoms with Crippen molar-refractivity contribution < 1.29 is 9.63 Å². The molecule has 0 unspecified atom stereocenters. The summed E-state index contributed by atoms with van der Waals surface area (Å²) in [5, 5.41) is 0.960. The molecule has 1 rings (SSSR count). The minimum atomic E-state index is -0.605. The number of hydroxylamine groups is 1. The molecule has 0 atom stereocenters. The number of nitrogens with one attached hydrogen (secondary N) is 1. The average molecular weight is 290 g/mol. The van der Waals surface area contributed by atoms with E-state index in [0.717, 1.165) is 0 Å². The molecule has 0 bridgehead atoms. The monoisotopic (exact) mass is 289 g/mol. The second-order valence-corrected chi connectivity index (χ2v) is 4.42. The Hall–Kier alpha value is -1.30. The first-order chi connectivity index (χ1) is 8.50. The highest BCUT2D eigenvalue weighted by atomic mass is 35.5. The molecule has 7 heteroatoms. The molecule has 0 aliphatic heterocycles. The topological polar surface area (TPSA) is 53.9 Å². The molecule has 0 heterocycles. The van der Waals surface area contributed by atoms with Crippen LogP contribution in [-0.2, 0) is 11.4 Å². The van der Waals surface area contributed by atoms with Gasteiger partial charge in [0.05, 0.1) is 6.34 Å². The normalized spacial score (nSPS) is 10.7.